The summed E-state index contributed by atoms with van der Waals surface area (Å²) in [4.78, 5) is 15.0. The Bertz CT molecular complexity index is 1030. The number of para-hydroxylation sites is 1. The topological polar surface area (TPSA) is 51.0 Å². The van der Waals surface area contributed by atoms with Crippen LogP contribution in [0.5, 0.6) is 0 Å². The Morgan fingerprint density at radius 2 is 1.83 bits per heavy atom. The first-order chi connectivity index (χ1) is 14.2. The summed E-state index contributed by atoms with van der Waals surface area (Å²) in [7, 11) is 0. The molecule has 2 heterocycles. The number of hydrogen-bond donors (Lipinski definition) is 0. The number of amides is 1. The average Bonchev–Trinajstić information content (AvgIpc) is 3.41. The van der Waals surface area contributed by atoms with Crippen LogP contribution >= 0.6 is 11.8 Å². The van der Waals surface area contributed by atoms with Crippen LogP contribution in [-0.2, 0) is 17.8 Å². The highest BCUT2D eigenvalue weighted by Gasteiger charge is 2.32. The molecule has 0 radical (unpaired) electrons. The molecule has 0 saturated heterocycles. The second kappa shape index (κ2) is 7.67. The normalized spacial score (nSPS) is 18.1. The van der Waals surface area contributed by atoms with Gasteiger partial charge in [-0.25, -0.2) is 0 Å². The van der Waals surface area contributed by atoms with E-state index in [-0.39, 0.29) is 11.9 Å². The lowest BCUT2D eigenvalue weighted by Crippen LogP contribution is -2.37. The number of hydrogen-bond acceptors (Lipinski definition) is 4. The molecule has 1 aliphatic carbocycles. The highest BCUT2D eigenvalue weighted by atomic mass is 32.2. The smallest absolute Gasteiger partial charge is 0.237 e. The molecule has 0 unspecified atom stereocenters. The van der Waals surface area contributed by atoms with Crippen molar-refractivity contribution in [2.75, 3.05) is 10.7 Å². The number of thioether (sulfide) groups is 1. The monoisotopic (exact) mass is 404 g/mol. The molecule has 1 aromatic heterocycles. The molecule has 1 saturated carbocycles. The van der Waals surface area contributed by atoms with Crippen LogP contribution in [0.2, 0.25) is 0 Å². The SMILES string of the molecule is C[C@@H]1Cc2ccccc2N1C(=O)CSc1nnc(C2CC2)n1Cc1ccccc1. The van der Waals surface area contributed by atoms with Crippen molar-refractivity contribution < 1.29 is 4.79 Å². The molecule has 5 rings (SSSR count). The average molecular weight is 405 g/mol. The van der Waals surface area contributed by atoms with E-state index in [1.807, 2.05) is 29.2 Å². The molecule has 0 spiro atoms. The second-order valence-electron chi connectivity index (χ2n) is 7.92. The number of carbonyl (C=O) groups excluding carboxylic acids is 1. The molecule has 29 heavy (non-hydrogen) atoms. The largest absolute Gasteiger partial charge is 0.308 e. The molecule has 1 atom stereocenters. The fraction of sp³-hybridized carbons (Fsp3) is 0.348. The predicted molar refractivity (Wildman–Crippen MR) is 115 cm³/mol. The van der Waals surface area contributed by atoms with Gasteiger partial charge >= 0.3 is 0 Å². The van der Waals surface area contributed by atoms with E-state index >= 15 is 0 Å². The van der Waals surface area contributed by atoms with Gasteiger partial charge < -0.3 is 9.47 Å². The van der Waals surface area contributed by atoms with E-state index in [0.29, 0.717) is 11.7 Å². The molecule has 148 valence electrons. The maximum atomic E-state index is 13.1. The van der Waals surface area contributed by atoms with E-state index in [4.69, 9.17) is 0 Å². The lowest BCUT2D eigenvalue weighted by Gasteiger charge is -2.22. The summed E-state index contributed by atoms with van der Waals surface area (Å²) in [6.07, 6.45) is 3.28. The molecular formula is C23H24N4OS. The van der Waals surface area contributed by atoms with Crippen LogP contribution < -0.4 is 4.90 Å². The maximum Gasteiger partial charge on any atom is 0.237 e. The fourth-order valence-electron chi connectivity index (χ4n) is 4.11. The summed E-state index contributed by atoms with van der Waals surface area (Å²) in [6.45, 7) is 2.87. The van der Waals surface area contributed by atoms with Gasteiger partial charge in [0.25, 0.3) is 0 Å². The van der Waals surface area contributed by atoms with Crippen LogP contribution in [0.3, 0.4) is 0 Å². The third-order valence-electron chi connectivity index (χ3n) is 5.67. The van der Waals surface area contributed by atoms with Gasteiger partial charge in [-0.2, -0.15) is 0 Å². The zero-order valence-electron chi connectivity index (χ0n) is 16.5. The first-order valence-corrected chi connectivity index (χ1v) is 11.2. The Kier molecular flexibility index (Phi) is 4.87. The summed E-state index contributed by atoms with van der Waals surface area (Å²) < 4.78 is 2.20. The lowest BCUT2D eigenvalue weighted by molar-refractivity contribution is -0.116. The Balaban J connectivity index is 1.34. The van der Waals surface area contributed by atoms with Gasteiger partial charge in [-0.15, -0.1) is 10.2 Å². The summed E-state index contributed by atoms with van der Waals surface area (Å²) >= 11 is 1.50. The van der Waals surface area contributed by atoms with Crippen LogP contribution in [-0.4, -0.2) is 32.5 Å². The summed E-state index contributed by atoms with van der Waals surface area (Å²) in [5.74, 6) is 2.08. The van der Waals surface area contributed by atoms with Gasteiger partial charge in [0.15, 0.2) is 5.16 Å². The van der Waals surface area contributed by atoms with Crippen LogP contribution in [0.4, 0.5) is 5.69 Å². The molecule has 1 amide bonds. The molecule has 1 aliphatic heterocycles. The standard InChI is InChI=1S/C23H24N4OS/c1-16-13-19-9-5-6-10-20(19)27(16)21(28)15-29-23-25-24-22(18-11-12-18)26(23)14-17-7-3-2-4-8-17/h2-10,16,18H,11-15H2,1H3/t16-/m1/s1. The molecule has 6 heteroatoms. The Morgan fingerprint density at radius 1 is 1.07 bits per heavy atom. The Morgan fingerprint density at radius 3 is 2.62 bits per heavy atom. The van der Waals surface area contributed by atoms with Gasteiger partial charge in [0.1, 0.15) is 5.82 Å². The van der Waals surface area contributed by atoms with Crippen LogP contribution in [0, 0.1) is 0 Å². The van der Waals surface area contributed by atoms with Crippen LogP contribution in [0.25, 0.3) is 0 Å². The molecule has 2 aliphatic rings. The maximum absolute atomic E-state index is 13.1. The van der Waals surface area contributed by atoms with E-state index in [1.165, 1.54) is 35.7 Å². The highest BCUT2D eigenvalue weighted by molar-refractivity contribution is 7.99. The highest BCUT2D eigenvalue weighted by Crippen LogP contribution is 2.40. The van der Waals surface area contributed by atoms with Crippen LogP contribution in [0.15, 0.2) is 59.8 Å². The predicted octanol–water partition coefficient (Wildman–Crippen LogP) is 4.27. The zero-order chi connectivity index (χ0) is 19.8. The van der Waals surface area contributed by atoms with Crippen molar-refractivity contribution in [1.82, 2.24) is 14.8 Å². The Labute approximate surface area is 175 Å². The number of carbonyl (C=O) groups is 1. The van der Waals surface area contributed by atoms with Gasteiger partial charge in [0, 0.05) is 17.6 Å². The minimum atomic E-state index is 0.134. The number of benzene rings is 2. The van der Waals surface area contributed by atoms with Crippen molar-refractivity contribution in [2.24, 2.45) is 0 Å². The quantitative estimate of drug-likeness (QED) is 0.576. The van der Waals surface area contributed by atoms with Gasteiger partial charge in [-0.3, -0.25) is 4.79 Å². The van der Waals surface area contributed by atoms with E-state index in [9.17, 15) is 4.79 Å². The third kappa shape index (κ3) is 3.69. The van der Waals surface area contributed by atoms with E-state index in [1.54, 1.807) is 0 Å². The van der Waals surface area contributed by atoms with Crippen molar-refractivity contribution in [3.05, 3.63) is 71.5 Å². The van der Waals surface area contributed by atoms with Gasteiger partial charge in [0.2, 0.25) is 5.91 Å². The number of aromatic nitrogens is 3. The Hall–Kier alpha value is -2.60. The fourth-order valence-corrected chi connectivity index (χ4v) is 4.91. The lowest BCUT2D eigenvalue weighted by atomic mass is 10.1. The van der Waals surface area contributed by atoms with E-state index < -0.39 is 0 Å². The summed E-state index contributed by atoms with van der Waals surface area (Å²) in [5, 5.41) is 9.75. The van der Waals surface area contributed by atoms with Crippen molar-refractivity contribution in [2.45, 2.75) is 49.8 Å². The third-order valence-corrected chi connectivity index (χ3v) is 6.62. The van der Waals surface area contributed by atoms with Gasteiger partial charge in [-0.05, 0) is 43.4 Å². The number of fused-ring (bicyclic) bond motifs is 1. The van der Waals surface area contributed by atoms with Crippen molar-refractivity contribution in [3.63, 3.8) is 0 Å². The molecule has 2 aromatic carbocycles. The molecular weight excluding hydrogens is 380 g/mol. The summed E-state index contributed by atoms with van der Waals surface area (Å²) in [5.41, 5.74) is 3.53. The minimum Gasteiger partial charge on any atom is -0.308 e. The molecule has 0 bridgehead atoms. The molecule has 0 N–H and O–H groups in total. The molecule has 1 fully saturated rings. The summed E-state index contributed by atoms with van der Waals surface area (Å²) in [6, 6.07) is 18.8. The van der Waals surface area contributed by atoms with Crippen molar-refractivity contribution in [1.29, 1.82) is 0 Å². The number of anilines is 1. The molecule has 5 nitrogen and oxygen atoms in total. The van der Waals surface area contributed by atoms with Crippen molar-refractivity contribution >= 4 is 23.4 Å². The number of nitrogens with zero attached hydrogens (tertiary/aromatic N) is 4. The minimum absolute atomic E-state index is 0.134. The molecule has 3 aromatic rings. The van der Waals surface area contributed by atoms with Gasteiger partial charge in [0.05, 0.1) is 12.3 Å². The van der Waals surface area contributed by atoms with Gasteiger partial charge in [-0.1, -0.05) is 60.3 Å². The van der Waals surface area contributed by atoms with Crippen molar-refractivity contribution in [3.8, 4) is 0 Å². The van der Waals surface area contributed by atoms with E-state index in [0.717, 1.165) is 29.6 Å². The van der Waals surface area contributed by atoms with E-state index in [2.05, 4.69) is 52.0 Å². The number of rotatable bonds is 6. The van der Waals surface area contributed by atoms with Crippen LogP contribution in [0.1, 0.15) is 42.6 Å². The first kappa shape index (κ1) is 18.4. The zero-order valence-corrected chi connectivity index (χ0v) is 17.3. The second-order valence-corrected chi connectivity index (χ2v) is 8.86. The first-order valence-electron chi connectivity index (χ1n) is 10.2.